The molecule has 0 saturated carbocycles. The molecule has 0 aliphatic heterocycles. The summed E-state index contributed by atoms with van der Waals surface area (Å²) in [5.74, 6) is 0.548. The van der Waals surface area contributed by atoms with E-state index in [1.54, 1.807) is 0 Å². The van der Waals surface area contributed by atoms with Gasteiger partial charge in [-0.2, -0.15) is 0 Å². The van der Waals surface area contributed by atoms with Crippen molar-refractivity contribution in [1.82, 2.24) is 20.5 Å². The van der Waals surface area contributed by atoms with E-state index >= 15 is 0 Å². The average molecular weight is 457 g/mol. The van der Waals surface area contributed by atoms with E-state index in [4.69, 9.17) is 4.42 Å². The van der Waals surface area contributed by atoms with Crippen molar-refractivity contribution in [3.8, 4) is 11.5 Å². The van der Waals surface area contributed by atoms with Gasteiger partial charge in [0.15, 0.2) is 0 Å². The van der Waals surface area contributed by atoms with Gasteiger partial charge in [0, 0.05) is 21.6 Å². The Morgan fingerprint density at radius 2 is 2.00 bits per heavy atom. The third-order valence-corrected chi connectivity index (χ3v) is 5.65. The van der Waals surface area contributed by atoms with E-state index in [2.05, 4.69) is 36.4 Å². The number of carbonyl (C=O) groups is 1. The summed E-state index contributed by atoms with van der Waals surface area (Å²) in [5.41, 5.74) is 2.90. The monoisotopic (exact) mass is 456 g/mol. The Balaban J connectivity index is 1.36. The molecule has 1 atom stereocenters. The molecule has 0 bridgehead atoms. The summed E-state index contributed by atoms with van der Waals surface area (Å²) in [6.07, 6.45) is 1.85. The minimum atomic E-state index is -0.0905. The van der Waals surface area contributed by atoms with Gasteiger partial charge in [0.2, 0.25) is 5.91 Å². The number of amides is 1. The van der Waals surface area contributed by atoms with Gasteiger partial charge in [-0.1, -0.05) is 58.0 Å². The Bertz CT molecular complexity index is 1110. The van der Waals surface area contributed by atoms with E-state index in [9.17, 15) is 4.79 Å². The number of rotatable bonds is 6. The first-order valence-corrected chi connectivity index (χ1v) is 10.5. The number of nitrogens with one attached hydrogen (secondary N) is 2. The van der Waals surface area contributed by atoms with Crippen LogP contribution in [0.2, 0.25) is 0 Å². The Morgan fingerprint density at radius 1 is 1.21 bits per heavy atom. The van der Waals surface area contributed by atoms with Crippen molar-refractivity contribution in [2.75, 3.05) is 5.75 Å². The maximum Gasteiger partial charge on any atom is 0.277 e. The molecule has 8 heteroatoms. The zero-order valence-electron chi connectivity index (χ0n) is 15.0. The normalized spacial score (nSPS) is 12.2. The van der Waals surface area contributed by atoms with E-state index in [1.165, 1.54) is 11.8 Å². The number of benzene rings is 2. The predicted molar refractivity (Wildman–Crippen MR) is 113 cm³/mol. The van der Waals surface area contributed by atoms with E-state index in [0.29, 0.717) is 11.1 Å². The highest BCUT2D eigenvalue weighted by Crippen LogP contribution is 2.29. The predicted octanol–water partition coefficient (Wildman–Crippen LogP) is 4.95. The summed E-state index contributed by atoms with van der Waals surface area (Å²) >= 11 is 4.63. The molecule has 0 saturated heterocycles. The van der Waals surface area contributed by atoms with Gasteiger partial charge in [0.1, 0.15) is 0 Å². The molecule has 4 aromatic rings. The molecule has 28 heavy (non-hydrogen) atoms. The van der Waals surface area contributed by atoms with Gasteiger partial charge in [0.25, 0.3) is 11.1 Å². The van der Waals surface area contributed by atoms with Crippen LogP contribution in [0.5, 0.6) is 0 Å². The molecular formula is C20H17BrN4O2S. The lowest BCUT2D eigenvalue weighted by atomic mass is 10.1. The second kappa shape index (κ2) is 8.20. The number of hydrogen-bond donors (Lipinski definition) is 2. The van der Waals surface area contributed by atoms with Crippen LogP contribution in [0.15, 0.2) is 68.8 Å². The van der Waals surface area contributed by atoms with Crippen LogP contribution >= 0.6 is 27.7 Å². The number of nitrogens with zero attached hydrogens (tertiary/aromatic N) is 2. The number of aromatic nitrogens is 3. The second-order valence-corrected chi connectivity index (χ2v) is 8.09. The first kappa shape index (κ1) is 18.8. The molecule has 4 rings (SSSR count). The third-order valence-electron chi connectivity index (χ3n) is 4.30. The van der Waals surface area contributed by atoms with E-state index in [1.807, 2.05) is 61.7 Å². The van der Waals surface area contributed by atoms with Gasteiger partial charge < -0.3 is 14.7 Å². The highest BCUT2D eigenvalue weighted by molar-refractivity contribution is 9.10. The Morgan fingerprint density at radius 3 is 2.82 bits per heavy atom. The lowest BCUT2D eigenvalue weighted by molar-refractivity contribution is -0.119. The van der Waals surface area contributed by atoms with Crippen molar-refractivity contribution in [2.24, 2.45) is 0 Å². The molecule has 2 aromatic heterocycles. The largest absolute Gasteiger partial charge is 0.411 e. The lowest BCUT2D eigenvalue weighted by Gasteiger charge is -2.13. The molecule has 0 aliphatic carbocycles. The lowest BCUT2D eigenvalue weighted by Crippen LogP contribution is -2.28. The molecule has 0 aliphatic rings. The standard InChI is InChI=1S/C20H17BrN4O2S/c1-12(13-6-8-14(21)9-7-13)23-18(26)11-28-20-25-24-19(27-20)16-10-22-17-5-3-2-4-15(16)17/h2-10,12,22H,11H2,1H3,(H,23,26). The number of fused-ring (bicyclic) bond motifs is 1. The quantitative estimate of drug-likeness (QED) is 0.401. The molecular weight excluding hydrogens is 440 g/mol. The molecule has 0 spiro atoms. The van der Waals surface area contributed by atoms with Gasteiger partial charge >= 0.3 is 0 Å². The fraction of sp³-hybridized carbons (Fsp3) is 0.150. The Kier molecular flexibility index (Phi) is 5.50. The molecule has 142 valence electrons. The van der Waals surface area contributed by atoms with Crippen LogP contribution in [0, 0.1) is 0 Å². The Labute approximate surface area is 174 Å². The van der Waals surface area contributed by atoms with E-state index in [0.717, 1.165) is 26.5 Å². The zero-order valence-corrected chi connectivity index (χ0v) is 17.4. The van der Waals surface area contributed by atoms with Crippen LogP contribution in [-0.2, 0) is 4.79 Å². The van der Waals surface area contributed by atoms with Gasteiger partial charge in [-0.3, -0.25) is 4.79 Å². The molecule has 1 amide bonds. The van der Waals surface area contributed by atoms with Crippen LogP contribution < -0.4 is 5.32 Å². The summed E-state index contributed by atoms with van der Waals surface area (Å²) in [6, 6.07) is 15.7. The SMILES string of the molecule is CC(NC(=O)CSc1nnc(-c2c[nH]c3ccccc23)o1)c1ccc(Br)cc1. The molecule has 6 nitrogen and oxygen atoms in total. The molecule has 2 N–H and O–H groups in total. The number of thioether (sulfide) groups is 1. The summed E-state index contributed by atoms with van der Waals surface area (Å²) in [4.78, 5) is 15.4. The minimum absolute atomic E-state index is 0.0781. The number of aromatic amines is 1. The van der Waals surface area contributed by atoms with Crippen LogP contribution in [0.3, 0.4) is 0 Å². The fourth-order valence-electron chi connectivity index (χ4n) is 2.87. The van der Waals surface area contributed by atoms with Crippen LogP contribution in [-0.4, -0.2) is 26.8 Å². The molecule has 0 fully saturated rings. The number of hydrogen-bond acceptors (Lipinski definition) is 5. The summed E-state index contributed by atoms with van der Waals surface area (Å²) in [5, 5.41) is 12.5. The topological polar surface area (TPSA) is 83.8 Å². The van der Waals surface area contributed by atoms with Crippen LogP contribution in [0.25, 0.3) is 22.4 Å². The molecule has 0 radical (unpaired) electrons. The molecule has 1 unspecified atom stereocenters. The number of H-pyrrole nitrogens is 1. The van der Waals surface area contributed by atoms with Crippen molar-refractivity contribution < 1.29 is 9.21 Å². The maximum absolute atomic E-state index is 12.2. The highest BCUT2D eigenvalue weighted by Gasteiger charge is 2.15. The summed E-state index contributed by atoms with van der Waals surface area (Å²) < 4.78 is 6.73. The van der Waals surface area contributed by atoms with Crippen molar-refractivity contribution in [2.45, 2.75) is 18.2 Å². The van der Waals surface area contributed by atoms with Crippen molar-refractivity contribution in [1.29, 1.82) is 0 Å². The van der Waals surface area contributed by atoms with Crippen LogP contribution in [0.1, 0.15) is 18.5 Å². The average Bonchev–Trinajstić information content (AvgIpc) is 3.33. The molecule has 2 heterocycles. The van der Waals surface area contributed by atoms with E-state index < -0.39 is 0 Å². The number of halogens is 1. The van der Waals surface area contributed by atoms with Crippen molar-refractivity contribution in [3.63, 3.8) is 0 Å². The van der Waals surface area contributed by atoms with Gasteiger partial charge in [0.05, 0.1) is 17.4 Å². The summed E-state index contributed by atoms with van der Waals surface area (Å²) in [7, 11) is 0. The van der Waals surface area contributed by atoms with Gasteiger partial charge in [-0.05, 0) is 30.7 Å². The second-order valence-electron chi connectivity index (χ2n) is 6.25. The van der Waals surface area contributed by atoms with Gasteiger partial charge in [-0.15, -0.1) is 10.2 Å². The van der Waals surface area contributed by atoms with Crippen molar-refractivity contribution >= 4 is 44.5 Å². The fourth-order valence-corrected chi connectivity index (χ4v) is 3.71. The Hall–Kier alpha value is -2.58. The first-order chi connectivity index (χ1) is 13.6. The smallest absolute Gasteiger partial charge is 0.277 e. The highest BCUT2D eigenvalue weighted by atomic mass is 79.9. The van der Waals surface area contributed by atoms with E-state index in [-0.39, 0.29) is 17.7 Å². The van der Waals surface area contributed by atoms with Crippen molar-refractivity contribution in [3.05, 3.63) is 64.8 Å². The number of para-hydroxylation sites is 1. The minimum Gasteiger partial charge on any atom is -0.411 e. The number of carbonyl (C=O) groups excluding carboxylic acids is 1. The third kappa shape index (κ3) is 4.13. The first-order valence-electron chi connectivity index (χ1n) is 8.68. The summed E-state index contributed by atoms with van der Waals surface area (Å²) in [6.45, 7) is 1.95. The maximum atomic E-state index is 12.2. The zero-order chi connectivity index (χ0) is 19.5. The molecule has 2 aromatic carbocycles. The van der Waals surface area contributed by atoms with Crippen LogP contribution in [0.4, 0.5) is 0 Å². The van der Waals surface area contributed by atoms with Gasteiger partial charge in [-0.25, -0.2) is 0 Å².